The number of nitrogens with zero attached hydrogens (tertiary/aromatic N) is 1. The Labute approximate surface area is 90.2 Å². The normalized spacial score (nSPS) is 11.2. The molecule has 0 saturated carbocycles. The highest BCUT2D eigenvalue weighted by atomic mass is 16.5. The van der Waals surface area contributed by atoms with Crippen molar-refractivity contribution in [3.8, 4) is 5.75 Å². The average Bonchev–Trinajstić information content (AvgIpc) is 2.27. The highest BCUT2D eigenvalue weighted by Gasteiger charge is 2.01. The molecule has 0 aliphatic carbocycles. The summed E-state index contributed by atoms with van der Waals surface area (Å²) >= 11 is 0. The van der Waals surface area contributed by atoms with Gasteiger partial charge in [-0.1, -0.05) is 19.1 Å². The van der Waals surface area contributed by atoms with Crippen LogP contribution in [0.15, 0.2) is 29.3 Å². The molecule has 0 atom stereocenters. The van der Waals surface area contributed by atoms with E-state index in [0.717, 1.165) is 24.4 Å². The fourth-order valence-electron chi connectivity index (χ4n) is 1.16. The quantitative estimate of drug-likeness (QED) is 0.585. The summed E-state index contributed by atoms with van der Waals surface area (Å²) in [7, 11) is 1.62. The molecule has 0 fully saturated rings. The first-order chi connectivity index (χ1) is 7.27. The smallest absolute Gasteiger partial charge is 0.193 e. The molecule has 0 saturated heterocycles. The van der Waals surface area contributed by atoms with Gasteiger partial charge in [0, 0.05) is 6.54 Å². The SMILES string of the molecule is CCCN=C(N)Nc1ccccc1OC. The van der Waals surface area contributed by atoms with Gasteiger partial charge in [-0.05, 0) is 18.6 Å². The molecule has 3 N–H and O–H groups in total. The van der Waals surface area contributed by atoms with Crippen LogP contribution in [0.1, 0.15) is 13.3 Å². The Morgan fingerprint density at radius 3 is 2.87 bits per heavy atom. The maximum absolute atomic E-state index is 5.70. The maximum Gasteiger partial charge on any atom is 0.193 e. The number of hydrogen-bond donors (Lipinski definition) is 2. The third-order valence-electron chi connectivity index (χ3n) is 1.88. The van der Waals surface area contributed by atoms with E-state index in [4.69, 9.17) is 10.5 Å². The first-order valence-corrected chi connectivity index (χ1v) is 4.98. The van der Waals surface area contributed by atoms with Crippen LogP contribution in [0.4, 0.5) is 5.69 Å². The lowest BCUT2D eigenvalue weighted by molar-refractivity contribution is 0.417. The number of anilines is 1. The predicted molar refractivity (Wildman–Crippen MR) is 63.4 cm³/mol. The second kappa shape index (κ2) is 5.90. The monoisotopic (exact) mass is 207 g/mol. The molecule has 0 aliphatic rings. The highest BCUT2D eigenvalue weighted by Crippen LogP contribution is 2.22. The van der Waals surface area contributed by atoms with E-state index < -0.39 is 0 Å². The number of nitrogens with two attached hydrogens (primary N) is 1. The summed E-state index contributed by atoms with van der Waals surface area (Å²) in [4.78, 5) is 4.14. The van der Waals surface area contributed by atoms with E-state index in [2.05, 4.69) is 17.2 Å². The summed E-state index contributed by atoms with van der Waals surface area (Å²) in [6.07, 6.45) is 0.980. The summed E-state index contributed by atoms with van der Waals surface area (Å²) in [6.45, 7) is 2.79. The molecule has 82 valence electrons. The summed E-state index contributed by atoms with van der Waals surface area (Å²) < 4.78 is 5.18. The Hall–Kier alpha value is -1.71. The molecule has 0 aliphatic heterocycles. The molecule has 0 spiro atoms. The molecule has 4 heteroatoms. The molecule has 0 amide bonds. The minimum Gasteiger partial charge on any atom is -0.495 e. The predicted octanol–water partition coefficient (Wildman–Crippen LogP) is 1.83. The van der Waals surface area contributed by atoms with Crippen molar-refractivity contribution in [2.24, 2.45) is 10.7 Å². The van der Waals surface area contributed by atoms with E-state index in [-0.39, 0.29) is 0 Å². The maximum atomic E-state index is 5.70. The zero-order valence-corrected chi connectivity index (χ0v) is 9.16. The van der Waals surface area contributed by atoms with Gasteiger partial charge >= 0.3 is 0 Å². The first-order valence-electron chi connectivity index (χ1n) is 4.98. The number of hydrogen-bond acceptors (Lipinski definition) is 2. The lowest BCUT2D eigenvalue weighted by Crippen LogP contribution is -2.23. The molecule has 0 heterocycles. The Kier molecular flexibility index (Phi) is 4.47. The van der Waals surface area contributed by atoms with Gasteiger partial charge in [-0.15, -0.1) is 0 Å². The van der Waals surface area contributed by atoms with Gasteiger partial charge in [0.05, 0.1) is 12.8 Å². The second-order valence-corrected chi connectivity index (χ2v) is 3.09. The fraction of sp³-hybridized carbons (Fsp3) is 0.364. The zero-order valence-electron chi connectivity index (χ0n) is 9.16. The van der Waals surface area contributed by atoms with Gasteiger partial charge < -0.3 is 15.8 Å². The van der Waals surface area contributed by atoms with Crippen molar-refractivity contribution in [1.82, 2.24) is 0 Å². The standard InChI is InChI=1S/C11H17N3O/c1-3-8-13-11(12)14-9-6-4-5-7-10(9)15-2/h4-7H,3,8H2,1-2H3,(H3,12,13,14). The largest absolute Gasteiger partial charge is 0.495 e. The molecular formula is C11H17N3O. The number of aliphatic imine (C=N–C) groups is 1. The number of para-hydroxylation sites is 2. The molecule has 15 heavy (non-hydrogen) atoms. The van der Waals surface area contributed by atoms with Crippen molar-refractivity contribution in [2.45, 2.75) is 13.3 Å². The Morgan fingerprint density at radius 2 is 2.20 bits per heavy atom. The summed E-state index contributed by atoms with van der Waals surface area (Å²) in [5, 5.41) is 3.00. The van der Waals surface area contributed by atoms with Gasteiger partial charge in [-0.3, -0.25) is 4.99 Å². The van der Waals surface area contributed by atoms with Crippen LogP contribution < -0.4 is 15.8 Å². The topological polar surface area (TPSA) is 59.6 Å². The molecule has 1 rings (SSSR count). The third kappa shape index (κ3) is 3.50. The van der Waals surface area contributed by atoms with E-state index in [0.29, 0.717) is 5.96 Å². The van der Waals surface area contributed by atoms with Crippen LogP contribution in [0.3, 0.4) is 0 Å². The molecule has 1 aromatic carbocycles. The Morgan fingerprint density at radius 1 is 1.47 bits per heavy atom. The number of nitrogens with one attached hydrogen (secondary N) is 1. The van der Waals surface area contributed by atoms with E-state index in [1.807, 2.05) is 24.3 Å². The highest BCUT2D eigenvalue weighted by molar-refractivity contribution is 5.93. The van der Waals surface area contributed by atoms with E-state index >= 15 is 0 Å². The number of rotatable bonds is 4. The van der Waals surface area contributed by atoms with Crippen LogP contribution in [-0.2, 0) is 0 Å². The van der Waals surface area contributed by atoms with Gasteiger partial charge in [-0.25, -0.2) is 0 Å². The van der Waals surface area contributed by atoms with Gasteiger partial charge in [-0.2, -0.15) is 0 Å². The van der Waals surface area contributed by atoms with E-state index in [9.17, 15) is 0 Å². The first kappa shape index (κ1) is 11.4. The van der Waals surface area contributed by atoms with Crippen molar-refractivity contribution >= 4 is 11.6 Å². The van der Waals surface area contributed by atoms with Gasteiger partial charge in [0.1, 0.15) is 5.75 Å². The zero-order chi connectivity index (χ0) is 11.1. The van der Waals surface area contributed by atoms with Gasteiger partial charge in [0.25, 0.3) is 0 Å². The van der Waals surface area contributed by atoms with E-state index in [1.54, 1.807) is 7.11 Å². The summed E-state index contributed by atoms with van der Waals surface area (Å²) in [6, 6.07) is 7.59. The van der Waals surface area contributed by atoms with Crippen LogP contribution >= 0.6 is 0 Å². The van der Waals surface area contributed by atoms with Crippen LogP contribution in [-0.4, -0.2) is 19.6 Å². The van der Waals surface area contributed by atoms with Crippen LogP contribution in [0.5, 0.6) is 5.75 Å². The molecule has 0 aromatic heterocycles. The number of ether oxygens (including phenoxy) is 1. The van der Waals surface area contributed by atoms with Crippen molar-refractivity contribution < 1.29 is 4.74 Å². The minimum atomic E-state index is 0.418. The number of benzene rings is 1. The van der Waals surface area contributed by atoms with Crippen molar-refractivity contribution in [3.63, 3.8) is 0 Å². The van der Waals surface area contributed by atoms with Crippen molar-refractivity contribution in [3.05, 3.63) is 24.3 Å². The fourth-order valence-corrected chi connectivity index (χ4v) is 1.16. The molecule has 0 unspecified atom stereocenters. The number of methoxy groups -OCH3 is 1. The lowest BCUT2D eigenvalue weighted by atomic mass is 10.3. The van der Waals surface area contributed by atoms with Crippen molar-refractivity contribution in [1.29, 1.82) is 0 Å². The molecule has 1 aromatic rings. The third-order valence-corrected chi connectivity index (χ3v) is 1.88. The molecule has 4 nitrogen and oxygen atoms in total. The van der Waals surface area contributed by atoms with E-state index in [1.165, 1.54) is 0 Å². The lowest BCUT2D eigenvalue weighted by Gasteiger charge is -2.09. The Bertz CT molecular complexity index is 336. The average molecular weight is 207 g/mol. The van der Waals surface area contributed by atoms with Crippen LogP contribution in [0.2, 0.25) is 0 Å². The summed E-state index contributed by atoms with van der Waals surface area (Å²) in [5.74, 6) is 1.17. The summed E-state index contributed by atoms with van der Waals surface area (Å²) in [5.41, 5.74) is 6.53. The van der Waals surface area contributed by atoms with Crippen LogP contribution in [0, 0.1) is 0 Å². The number of guanidine groups is 1. The van der Waals surface area contributed by atoms with Crippen LogP contribution in [0.25, 0.3) is 0 Å². The Balaban J connectivity index is 2.71. The second-order valence-electron chi connectivity index (χ2n) is 3.09. The molecule has 0 radical (unpaired) electrons. The minimum absolute atomic E-state index is 0.418. The van der Waals surface area contributed by atoms with Gasteiger partial charge in [0.15, 0.2) is 5.96 Å². The van der Waals surface area contributed by atoms with Gasteiger partial charge in [0.2, 0.25) is 0 Å². The molecule has 0 bridgehead atoms. The van der Waals surface area contributed by atoms with Crippen molar-refractivity contribution in [2.75, 3.05) is 19.0 Å². The molecular weight excluding hydrogens is 190 g/mol.